The van der Waals surface area contributed by atoms with Gasteiger partial charge in [-0.3, -0.25) is 4.98 Å². The van der Waals surface area contributed by atoms with E-state index in [0.29, 0.717) is 11.1 Å². The average molecular weight is 301 g/mol. The number of fused-ring (bicyclic) bond motifs is 1. The van der Waals surface area contributed by atoms with Crippen LogP contribution in [0.2, 0.25) is 0 Å². The molecule has 0 radical (unpaired) electrons. The van der Waals surface area contributed by atoms with Crippen molar-refractivity contribution in [3.8, 4) is 29.1 Å². The van der Waals surface area contributed by atoms with Gasteiger partial charge in [0.05, 0.1) is 12.6 Å². The third kappa shape index (κ3) is 2.29. The van der Waals surface area contributed by atoms with E-state index < -0.39 is 0 Å². The number of nitrogens with two attached hydrogens (primary N) is 1. The van der Waals surface area contributed by atoms with Crippen LogP contribution in [-0.2, 0) is 0 Å². The summed E-state index contributed by atoms with van der Waals surface area (Å²) in [6, 6.07) is 13.4. The van der Waals surface area contributed by atoms with Gasteiger partial charge in [0.1, 0.15) is 29.1 Å². The molecule has 3 aromatic rings. The second-order valence-electron chi connectivity index (χ2n) is 4.77. The van der Waals surface area contributed by atoms with Gasteiger partial charge in [-0.2, -0.15) is 15.5 Å². The second-order valence-corrected chi connectivity index (χ2v) is 4.77. The molecule has 0 atom stereocenters. The lowest BCUT2D eigenvalue weighted by molar-refractivity contribution is 0.397. The van der Waals surface area contributed by atoms with Crippen LogP contribution < -0.4 is 10.5 Å². The summed E-state index contributed by atoms with van der Waals surface area (Å²) in [6.07, 6.45) is 1.68. The molecule has 2 N–H and O–H groups in total. The molecule has 2 heterocycles. The van der Waals surface area contributed by atoms with Crippen molar-refractivity contribution in [1.82, 2.24) is 9.97 Å². The summed E-state index contributed by atoms with van der Waals surface area (Å²) in [5.74, 6) is 0.125. The third-order valence-corrected chi connectivity index (χ3v) is 3.50. The number of ether oxygens (including phenoxy) is 1. The predicted octanol–water partition coefficient (Wildman–Crippen LogP) is 2.63. The zero-order valence-corrected chi connectivity index (χ0v) is 12.2. The van der Waals surface area contributed by atoms with Crippen molar-refractivity contribution in [3.63, 3.8) is 0 Å². The summed E-state index contributed by atoms with van der Waals surface area (Å²) in [5.41, 5.74) is 8.00. The van der Waals surface area contributed by atoms with Gasteiger partial charge in [0.25, 0.3) is 0 Å². The zero-order valence-electron chi connectivity index (χ0n) is 12.2. The molecule has 2 aromatic heterocycles. The highest BCUT2D eigenvalue weighted by molar-refractivity contribution is 5.89. The summed E-state index contributed by atoms with van der Waals surface area (Å²) in [4.78, 5) is 8.28. The maximum Gasteiger partial charge on any atom is 0.234 e. The number of nitrogens with zero attached hydrogens (tertiary/aromatic N) is 4. The van der Waals surface area contributed by atoms with E-state index in [2.05, 4.69) is 9.97 Å². The first kappa shape index (κ1) is 14.3. The molecule has 0 aliphatic carbocycles. The summed E-state index contributed by atoms with van der Waals surface area (Å²) < 4.78 is 5.13. The van der Waals surface area contributed by atoms with E-state index >= 15 is 0 Å². The largest absolute Gasteiger partial charge is 0.480 e. The van der Waals surface area contributed by atoms with Crippen LogP contribution in [0.4, 0.5) is 5.82 Å². The maximum absolute atomic E-state index is 9.48. The monoisotopic (exact) mass is 301 g/mol. The van der Waals surface area contributed by atoms with Gasteiger partial charge in [0, 0.05) is 17.1 Å². The Morgan fingerprint density at radius 3 is 2.61 bits per heavy atom. The van der Waals surface area contributed by atoms with Crippen LogP contribution in [0.15, 0.2) is 36.5 Å². The van der Waals surface area contributed by atoms with Crippen molar-refractivity contribution in [2.45, 2.75) is 0 Å². The molecular formula is C17H11N5O. The molecule has 0 fully saturated rings. The van der Waals surface area contributed by atoms with Crippen LogP contribution >= 0.6 is 0 Å². The van der Waals surface area contributed by atoms with Crippen molar-refractivity contribution >= 4 is 16.7 Å². The van der Waals surface area contributed by atoms with E-state index in [1.165, 1.54) is 7.11 Å². The number of hydrogen-bond donors (Lipinski definition) is 1. The van der Waals surface area contributed by atoms with Crippen LogP contribution in [0.25, 0.3) is 22.0 Å². The SMILES string of the molecule is COc1nc(N)c(C#N)c(-c2ccc3cccnc3c2)c1C#N. The Labute approximate surface area is 132 Å². The Kier molecular flexibility index (Phi) is 3.50. The van der Waals surface area contributed by atoms with Crippen molar-refractivity contribution in [1.29, 1.82) is 10.5 Å². The lowest BCUT2D eigenvalue weighted by Gasteiger charge is -2.12. The molecule has 0 bridgehead atoms. The number of methoxy groups -OCH3 is 1. The highest BCUT2D eigenvalue weighted by Gasteiger charge is 2.20. The summed E-state index contributed by atoms with van der Waals surface area (Å²) in [7, 11) is 1.40. The van der Waals surface area contributed by atoms with Gasteiger partial charge in [0.15, 0.2) is 0 Å². The van der Waals surface area contributed by atoms with Gasteiger partial charge < -0.3 is 10.5 Å². The molecule has 0 aliphatic rings. The summed E-state index contributed by atoms with van der Waals surface area (Å²) >= 11 is 0. The molecule has 0 saturated carbocycles. The average Bonchev–Trinajstić information content (AvgIpc) is 2.60. The smallest absolute Gasteiger partial charge is 0.234 e. The topological polar surface area (TPSA) is 109 Å². The van der Waals surface area contributed by atoms with Crippen LogP contribution in [0.3, 0.4) is 0 Å². The quantitative estimate of drug-likeness (QED) is 0.779. The van der Waals surface area contributed by atoms with E-state index in [4.69, 9.17) is 10.5 Å². The third-order valence-electron chi connectivity index (χ3n) is 3.50. The number of nitriles is 2. The normalized spacial score (nSPS) is 10.0. The molecule has 23 heavy (non-hydrogen) atoms. The van der Waals surface area contributed by atoms with Crippen molar-refractivity contribution < 1.29 is 4.74 Å². The number of rotatable bonds is 2. The van der Waals surface area contributed by atoms with Crippen LogP contribution in [0, 0.1) is 22.7 Å². The molecule has 0 amide bonds. The van der Waals surface area contributed by atoms with E-state index in [1.807, 2.05) is 42.5 Å². The maximum atomic E-state index is 9.48. The number of aromatic nitrogens is 2. The van der Waals surface area contributed by atoms with E-state index in [-0.39, 0.29) is 22.8 Å². The zero-order chi connectivity index (χ0) is 16.4. The molecule has 110 valence electrons. The predicted molar refractivity (Wildman–Crippen MR) is 85.4 cm³/mol. The van der Waals surface area contributed by atoms with E-state index in [0.717, 1.165) is 10.9 Å². The van der Waals surface area contributed by atoms with Crippen LogP contribution in [0.1, 0.15) is 11.1 Å². The fourth-order valence-electron chi connectivity index (χ4n) is 2.46. The van der Waals surface area contributed by atoms with Crippen molar-refractivity contribution in [3.05, 3.63) is 47.7 Å². The highest BCUT2D eigenvalue weighted by atomic mass is 16.5. The molecule has 0 unspecified atom stereocenters. The van der Waals surface area contributed by atoms with Gasteiger partial charge in [-0.1, -0.05) is 18.2 Å². The first-order chi connectivity index (χ1) is 11.2. The van der Waals surface area contributed by atoms with Crippen LogP contribution in [0.5, 0.6) is 5.88 Å². The lowest BCUT2D eigenvalue weighted by Crippen LogP contribution is -2.04. The minimum absolute atomic E-state index is 0.0273. The van der Waals surface area contributed by atoms with Gasteiger partial charge in [-0.15, -0.1) is 0 Å². The molecule has 0 spiro atoms. The molecule has 3 rings (SSSR count). The van der Waals surface area contributed by atoms with Gasteiger partial charge in [0.2, 0.25) is 5.88 Å². The lowest BCUT2D eigenvalue weighted by atomic mass is 9.95. The standard InChI is InChI=1S/C17H11N5O/c1-23-17-13(9-19)15(12(8-18)16(20)22-17)11-5-4-10-3-2-6-21-14(10)7-11/h2-7H,1H3,(H2,20,22). The van der Waals surface area contributed by atoms with Gasteiger partial charge in [-0.25, -0.2) is 0 Å². The fraction of sp³-hybridized carbons (Fsp3) is 0.0588. The van der Waals surface area contributed by atoms with Gasteiger partial charge >= 0.3 is 0 Å². The number of pyridine rings is 2. The fourth-order valence-corrected chi connectivity index (χ4v) is 2.46. The molecule has 6 heteroatoms. The molecular weight excluding hydrogens is 290 g/mol. The first-order valence-corrected chi connectivity index (χ1v) is 6.72. The van der Waals surface area contributed by atoms with Crippen molar-refractivity contribution in [2.75, 3.05) is 12.8 Å². The summed E-state index contributed by atoms with van der Waals surface area (Å²) in [5, 5.41) is 19.9. The molecule has 6 nitrogen and oxygen atoms in total. The Morgan fingerprint density at radius 1 is 1.13 bits per heavy atom. The first-order valence-electron chi connectivity index (χ1n) is 6.72. The molecule has 0 aliphatic heterocycles. The van der Waals surface area contributed by atoms with Gasteiger partial charge in [-0.05, 0) is 17.7 Å². The number of benzene rings is 1. The Bertz CT molecular complexity index is 998. The molecule has 0 saturated heterocycles. The van der Waals surface area contributed by atoms with Crippen molar-refractivity contribution in [2.24, 2.45) is 0 Å². The number of anilines is 1. The highest BCUT2D eigenvalue weighted by Crippen LogP contribution is 2.35. The van der Waals surface area contributed by atoms with E-state index in [1.54, 1.807) is 6.20 Å². The minimum Gasteiger partial charge on any atom is -0.480 e. The molecule has 1 aromatic carbocycles. The Hall–Kier alpha value is -3.64. The van der Waals surface area contributed by atoms with Crippen LogP contribution in [-0.4, -0.2) is 17.1 Å². The number of nitrogen functional groups attached to an aromatic ring is 1. The second kappa shape index (κ2) is 5.63. The Balaban J connectivity index is 2.39. The Morgan fingerprint density at radius 2 is 1.91 bits per heavy atom. The minimum atomic E-state index is 0.0273. The van der Waals surface area contributed by atoms with E-state index in [9.17, 15) is 10.5 Å². The summed E-state index contributed by atoms with van der Waals surface area (Å²) in [6.45, 7) is 0. The number of hydrogen-bond acceptors (Lipinski definition) is 6.